The Morgan fingerprint density at radius 2 is 0.611 bits per heavy atom. The van der Waals surface area contributed by atoms with Crippen LogP contribution in [0.4, 0.5) is 0 Å². The van der Waals surface area contributed by atoms with Crippen LogP contribution < -0.4 is 0 Å². The minimum absolute atomic E-state index is 0.511. The van der Waals surface area contributed by atoms with Crippen LogP contribution in [-0.2, 0) is 0 Å². The third-order valence-electron chi connectivity index (χ3n) is 5.69. The SMILES string of the molecule is CC1(C)CCCCCCCCCCCCC1(C)C. The zero-order valence-electron chi connectivity index (χ0n) is 13.5. The summed E-state index contributed by atoms with van der Waals surface area (Å²) >= 11 is 0. The summed E-state index contributed by atoms with van der Waals surface area (Å²) in [5, 5.41) is 0. The van der Waals surface area contributed by atoms with Crippen LogP contribution in [0.25, 0.3) is 0 Å². The smallest absolute Gasteiger partial charge is 0.0303 e. The molecule has 1 saturated carbocycles. The van der Waals surface area contributed by atoms with Gasteiger partial charge in [-0.2, -0.15) is 0 Å². The van der Waals surface area contributed by atoms with Crippen molar-refractivity contribution in [3.05, 3.63) is 0 Å². The molecule has 1 aliphatic carbocycles. The van der Waals surface area contributed by atoms with Gasteiger partial charge in [-0.3, -0.25) is 0 Å². The summed E-state index contributed by atoms with van der Waals surface area (Å²) in [6.07, 6.45) is 17.5. The van der Waals surface area contributed by atoms with Crippen LogP contribution in [0.5, 0.6) is 0 Å². The van der Waals surface area contributed by atoms with Gasteiger partial charge >= 0.3 is 0 Å². The average Bonchev–Trinajstić information content (AvgIpc) is 2.29. The van der Waals surface area contributed by atoms with E-state index in [1.54, 1.807) is 0 Å². The maximum absolute atomic E-state index is 2.50. The van der Waals surface area contributed by atoms with Crippen LogP contribution >= 0.6 is 0 Å². The summed E-state index contributed by atoms with van der Waals surface area (Å²) in [5.41, 5.74) is 1.02. The summed E-state index contributed by atoms with van der Waals surface area (Å²) in [6, 6.07) is 0. The molecule has 0 amide bonds. The van der Waals surface area contributed by atoms with Crippen LogP contribution in [-0.4, -0.2) is 0 Å². The van der Waals surface area contributed by atoms with Gasteiger partial charge in [0.05, 0.1) is 0 Å². The molecular formula is C18H36. The molecule has 0 aromatic rings. The Morgan fingerprint density at radius 3 is 0.889 bits per heavy atom. The molecule has 0 atom stereocenters. The maximum atomic E-state index is 2.50. The van der Waals surface area contributed by atoms with Gasteiger partial charge in [0, 0.05) is 0 Å². The second kappa shape index (κ2) is 7.56. The van der Waals surface area contributed by atoms with Crippen molar-refractivity contribution in [2.45, 2.75) is 105 Å². The molecule has 0 heterocycles. The molecule has 0 N–H and O–H groups in total. The highest BCUT2D eigenvalue weighted by molar-refractivity contribution is 4.85. The lowest BCUT2D eigenvalue weighted by atomic mass is 9.63. The highest BCUT2D eigenvalue weighted by Gasteiger charge is 2.35. The molecule has 18 heavy (non-hydrogen) atoms. The third kappa shape index (κ3) is 5.33. The first-order chi connectivity index (χ1) is 8.46. The van der Waals surface area contributed by atoms with E-state index in [2.05, 4.69) is 27.7 Å². The molecule has 0 unspecified atom stereocenters. The zero-order chi connectivity index (χ0) is 13.5. The topological polar surface area (TPSA) is 0 Å². The van der Waals surface area contributed by atoms with Crippen LogP contribution in [0.2, 0.25) is 0 Å². The monoisotopic (exact) mass is 252 g/mol. The molecule has 0 heteroatoms. The van der Waals surface area contributed by atoms with Gasteiger partial charge in [0.25, 0.3) is 0 Å². The van der Waals surface area contributed by atoms with E-state index in [1.165, 1.54) is 77.0 Å². The van der Waals surface area contributed by atoms with Gasteiger partial charge in [0.15, 0.2) is 0 Å². The first-order valence-electron chi connectivity index (χ1n) is 8.46. The molecule has 0 nitrogen and oxygen atoms in total. The van der Waals surface area contributed by atoms with E-state index in [4.69, 9.17) is 0 Å². The second-order valence-electron chi connectivity index (χ2n) is 7.80. The van der Waals surface area contributed by atoms with Crippen molar-refractivity contribution in [3.8, 4) is 0 Å². The summed E-state index contributed by atoms with van der Waals surface area (Å²) in [4.78, 5) is 0. The normalized spacial score (nSPS) is 27.3. The van der Waals surface area contributed by atoms with E-state index in [0.717, 1.165) is 0 Å². The van der Waals surface area contributed by atoms with E-state index in [1.807, 2.05) is 0 Å². The van der Waals surface area contributed by atoms with Gasteiger partial charge in [-0.1, -0.05) is 91.9 Å². The molecule has 0 spiro atoms. The Labute approximate surface area is 116 Å². The molecule has 108 valence electrons. The third-order valence-corrected chi connectivity index (χ3v) is 5.69. The van der Waals surface area contributed by atoms with Crippen molar-refractivity contribution in [2.24, 2.45) is 10.8 Å². The lowest BCUT2D eigenvalue weighted by Gasteiger charge is -2.42. The molecular weight excluding hydrogens is 216 g/mol. The van der Waals surface area contributed by atoms with Gasteiger partial charge in [0.2, 0.25) is 0 Å². The van der Waals surface area contributed by atoms with Gasteiger partial charge < -0.3 is 0 Å². The Morgan fingerprint density at radius 1 is 0.389 bits per heavy atom. The maximum Gasteiger partial charge on any atom is -0.0303 e. The van der Waals surface area contributed by atoms with Crippen molar-refractivity contribution < 1.29 is 0 Å². The van der Waals surface area contributed by atoms with E-state index >= 15 is 0 Å². The van der Waals surface area contributed by atoms with E-state index in [0.29, 0.717) is 10.8 Å². The van der Waals surface area contributed by atoms with E-state index in [-0.39, 0.29) is 0 Å². The Kier molecular flexibility index (Phi) is 6.74. The van der Waals surface area contributed by atoms with Gasteiger partial charge in [-0.05, 0) is 23.7 Å². The molecule has 0 aromatic heterocycles. The first kappa shape index (κ1) is 16.1. The van der Waals surface area contributed by atoms with E-state index < -0.39 is 0 Å². The van der Waals surface area contributed by atoms with E-state index in [9.17, 15) is 0 Å². The average molecular weight is 252 g/mol. The lowest BCUT2D eigenvalue weighted by Crippen LogP contribution is -2.32. The van der Waals surface area contributed by atoms with Crippen LogP contribution in [0.1, 0.15) is 105 Å². The zero-order valence-corrected chi connectivity index (χ0v) is 13.5. The Bertz CT molecular complexity index is 188. The fraction of sp³-hybridized carbons (Fsp3) is 1.00. The van der Waals surface area contributed by atoms with Crippen molar-refractivity contribution >= 4 is 0 Å². The van der Waals surface area contributed by atoms with Gasteiger partial charge in [-0.15, -0.1) is 0 Å². The van der Waals surface area contributed by atoms with Crippen molar-refractivity contribution in [3.63, 3.8) is 0 Å². The molecule has 0 bridgehead atoms. The highest BCUT2D eigenvalue weighted by atomic mass is 14.4. The quantitative estimate of drug-likeness (QED) is 0.448. The molecule has 0 aliphatic heterocycles. The molecule has 0 radical (unpaired) electrons. The molecule has 1 fully saturated rings. The predicted octanol–water partition coefficient (Wildman–Crippen LogP) is 6.73. The summed E-state index contributed by atoms with van der Waals surface area (Å²) in [7, 11) is 0. The van der Waals surface area contributed by atoms with Gasteiger partial charge in [0.1, 0.15) is 0 Å². The fourth-order valence-electron chi connectivity index (χ4n) is 3.22. The Balaban J connectivity index is 2.48. The highest BCUT2D eigenvalue weighted by Crippen LogP contribution is 2.46. The predicted molar refractivity (Wildman–Crippen MR) is 83.0 cm³/mol. The van der Waals surface area contributed by atoms with Crippen molar-refractivity contribution in [1.29, 1.82) is 0 Å². The summed E-state index contributed by atoms with van der Waals surface area (Å²) in [6.45, 7) is 10.00. The van der Waals surface area contributed by atoms with Crippen LogP contribution in [0.15, 0.2) is 0 Å². The van der Waals surface area contributed by atoms with Gasteiger partial charge in [-0.25, -0.2) is 0 Å². The minimum atomic E-state index is 0.511. The minimum Gasteiger partial charge on any atom is -0.0594 e. The second-order valence-corrected chi connectivity index (χ2v) is 7.80. The lowest BCUT2D eigenvalue weighted by molar-refractivity contribution is 0.0812. The molecule has 0 saturated heterocycles. The number of rotatable bonds is 0. The van der Waals surface area contributed by atoms with Crippen molar-refractivity contribution in [1.82, 2.24) is 0 Å². The number of hydrogen-bond donors (Lipinski definition) is 0. The first-order valence-corrected chi connectivity index (χ1v) is 8.46. The molecule has 1 aliphatic rings. The largest absolute Gasteiger partial charge is 0.0594 e. The number of hydrogen-bond acceptors (Lipinski definition) is 0. The molecule has 1 rings (SSSR count). The van der Waals surface area contributed by atoms with Crippen molar-refractivity contribution in [2.75, 3.05) is 0 Å². The summed E-state index contributed by atoms with van der Waals surface area (Å²) in [5.74, 6) is 0. The van der Waals surface area contributed by atoms with Crippen LogP contribution in [0.3, 0.4) is 0 Å². The van der Waals surface area contributed by atoms with Crippen LogP contribution in [0, 0.1) is 10.8 Å². The standard InChI is InChI=1S/C18H36/c1-17(2)15-13-11-9-7-5-6-8-10-12-14-16-18(17,3)4/h5-16H2,1-4H3. The Hall–Kier alpha value is 0. The molecule has 0 aromatic carbocycles. The fourth-order valence-corrected chi connectivity index (χ4v) is 3.22. The summed E-state index contributed by atoms with van der Waals surface area (Å²) < 4.78 is 0.